The average Bonchev–Trinajstić information content (AvgIpc) is 3.08. The number of nitrogens with zero attached hydrogens (tertiary/aromatic N) is 3. The Labute approximate surface area is 162 Å². The maximum Gasteiger partial charge on any atom is 0.416 e. The lowest BCUT2D eigenvalue weighted by atomic mass is 10.2. The number of aliphatic carboxylic acids is 1. The van der Waals surface area contributed by atoms with Gasteiger partial charge in [0.15, 0.2) is 11.0 Å². The average molecular weight is 408 g/mol. The van der Waals surface area contributed by atoms with Crippen LogP contribution in [0.5, 0.6) is 0 Å². The van der Waals surface area contributed by atoms with Gasteiger partial charge in [-0.05, 0) is 30.3 Å². The van der Waals surface area contributed by atoms with Crippen molar-refractivity contribution in [3.05, 3.63) is 66.0 Å². The molecule has 2 aromatic carbocycles. The quantitative estimate of drug-likeness (QED) is 0.574. The largest absolute Gasteiger partial charge is 0.481 e. The highest BCUT2D eigenvalue weighted by Crippen LogP contribution is 2.31. The van der Waals surface area contributed by atoms with Gasteiger partial charge in [-0.3, -0.25) is 9.36 Å². The number of hydrogen-bond acceptors (Lipinski definition) is 5. The molecule has 0 saturated carbocycles. The van der Waals surface area contributed by atoms with Crippen LogP contribution in [0, 0.1) is 0 Å². The van der Waals surface area contributed by atoms with Crippen molar-refractivity contribution in [1.29, 1.82) is 0 Å². The van der Waals surface area contributed by atoms with Gasteiger partial charge in [0.1, 0.15) is 0 Å². The lowest BCUT2D eigenvalue weighted by Gasteiger charge is -2.12. The Morgan fingerprint density at radius 3 is 2.54 bits per heavy atom. The van der Waals surface area contributed by atoms with E-state index in [2.05, 4.69) is 15.5 Å². The molecule has 0 saturated heterocycles. The number of rotatable bonds is 7. The number of carboxylic acid groups (broad SMARTS) is 1. The molecule has 146 valence electrons. The van der Waals surface area contributed by atoms with Gasteiger partial charge in [0.25, 0.3) is 0 Å². The highest BCUT2D eigenvalue weighted by molar-refractivity contribution is 7.99. The second-order valence-electron chi connectivity index (χ2n) is 5.68. The van der Waals surface area contributed by atoms with Crippen LogP contribution in [0.1, 0.15) is 11.4 Å². The Balaban J connectivity index is 1.85. The molecule has 0 aliphatic rings. The summed E-state index contributed by atoms with van der Waals surface area (Å²) in [6.07, 6.45) is -4.43. The predicted octanol–water partition coefficient (Wildman–Crippen LogP) is 4.07. The van der Waals surface area contributed by atoms with Gasteiger partial charge in [-0.2, -0.15) is 13.2 Å². The van der Waals surface area contributed by atoms with Gasteiger partial charge >= 0.3 is 12.1 Å². The summed E-state index contributed by atoms with van der Waals surface area (Å²) >= 11 is 1.01. The molecule has 0 radical (unpaired) electrons. The zero-order valence-electron chi connectivity index (χ0n) is 14.3. The summed E-state index contributed by atoms with van der Waals surface area (Å²) < 4.78 is 40.3. The van der Waals surface area contributed by atoms with Crippen LogP contribution in [0.15, 0.2) is 59.8 Å². The molecule has 1 heterocycles. The molecular formula is C18H15F3N4O2S. The molecule has 0 bridgehead atoms. The van der Waals surface area contributed by atoms with E-state index in [1.54, 1.807) is 4.57 Å². The number of halogens is 3. The third-order valence-electron chi connectivity index (χ3n) is 3.68. The van der Waals surface area contributed by atoms with E-state index in [-0.39, 0.29) is 18.0 Å². The molecule has 3 rings (SSSR count). The summed E-state index contributed by atoms with van der Waals surface area (Å²) in [6, 6.07) is 13.9. The number of benzene rings is 2. The highest BCUT2D eigenvalue weighted by Gasteiger charge is 2.30. The molecule has 0 unspecified atom stereocenters. The van der Waals surface area contributed by atoms with Gasteiger partial charge in [0.2, 0.25) is 0 Å². The number of hydrogen-bond donors (Lipinski definition) is 2. The van der Waals surface area contributed by atoms with Crippen LogP contribution >= 0.6 is 11.8 Å². The summed E-state index contributed by atoms with van der Waals surface area (Å²) in [7, 11) is 0. The van der Waals surface area contributed by atoms with Crippen LogP contribution in [0.2, 0.25) is 0 Å². The van der Waals surface area contributed by atoms with E-state index in [9.17, 15) is 18.0 Å². The van der Waals surface area contributed by atoms with Crippen molar-refractivity contribution < 1.29 is 23.1 Å². The van der Waals surface area contributed by atoms with E-state index in [1.807, 2.05) is 30.3 Å². The Bertz CT molecular complexity index is 961. The molecular weight excluding hydrogens is 393 g/mol. The standard InChI is InChI=1S/C18H15F3N4O2S/c19-18(20,21)12-5-4-6-13(9-12)22-10-15-23-24-17(28-11-16(26)27)25(15)14-7-2-1-3-8-14/h1-9,22H,10-11H2,(H,26,27). The topological polar surface area (TPSA) is 80.0 Å². The van der Waals surface area contributed by atoms with E-state index in [4.69, 9.17) is 5.11 Å². The molecule has 6 nitrogen and oxygen atoms in total. The van der Waals surface area contributed by atoms with Crippen molar-refractivity contribution in [2.75, 3.05) is 11.1 Å². The molecule has 1 aromatic heterocycles. The minimum absolute atomic E-state index is 0.108. The minimum atomic E-state index is -4.43. The fraction of sp³-hybridized carbons (Fsp3) is 0.167. The van der Waals surface area contributed by atoms with E-state index < -0.39 is 17.7 Å². The minimum Gasteiger partial charge on any atom is -0.481 e. The van der Waals surface area contributed by atoms with Gasteiger partial charge in [-0.15, -0.1) is 10.2 Å². The molecule has 2 N–H and O–H groups in total. The number of anilines is 1. The molecule has 0 fully saturated rings. The molecule has 28 heavy (non-hydrogen) atoms. The van der Waals surface area contributed by atoms with Crippen molar-refractivity contribution in [1.82, 2.24) is 14.8 Å². The summed E-state index contributed by atoms with van der Waals surface area (Å²) in [5, 5.41) is 20.3. The number of alkyl halides is 3. The summed E-state index contributed by atoms with van der Waals surface area (Å²) in [5.41, 5.74) is 0.262. The number of nitrogens with one attached hydrogen (secondary N) is 1. The lowest BCUT2D eigenvalue weighted by molar-refractivity contribution is -0.137. The smallest absolute Gasteiger partial charge is 0.416 e. The SMILES string of the molecule is O=C(O)CSc1nnc(CNc2cccc(C(F)(F)F)c2)n1-c1ccccc1. The van der Waals surface area contributed by atoms with Crippen molar-refractivity contribution in [3.8, 4) is 5.69 Å². The lowest BCUT2D eigenvalue weighted by Crippen LogP contribution is -2.10. The maximum absolute atomic E-state index is 12.9. The molecule has 0 atom stereocenters. The number of carbonyl (C=O) groups is 1. The fourth-order valence-electron chi connectivity index (χ4n) is 2.46. The van der Waals surface area contributed by atoms with Crippen LogP contribution in [0.25, 0.3) is 5.69 Å². The number of carboxylic acids is 1. The third-order valence-corrected chi connectivity index (χ3v) is 4.59. The zero-order chi connectivity index (χ0) is 20.1. The van der Waals surface area contributed by atoms with Crippen LogP contribution in [0.4, 0.5) is 18.9 Å². The molecule has 0 aliphatic heterocycles. The second-order valence-corrected chi connectivity index (χ2v) is 6.63. The summed E-state index contributed by atoms with van der Waals surface area (Å²) in [6.45, 7) is 0.108. The zero-order valence-corrected chi connectivity index (χ0v) is 15.2. The van der Waals surface area contributed by atoms with Gasteiger partial charge < -0.3 is 10.4 Å². The van der Waals surface area contributed by atoms with Gasteiger partial charge in [0.05, 0.1) is 17.9 Å². The Hall–Kier alpha value is -3.01. The van der Waals surface area contributed by atoms with Gasteiger partial charge in [-0.25, -0.2) is 0 Å². The van der Waals surface area contributed by atoms with Crippen LogP contribution in [-0.4, -0.2) is 31.6 Å². The summed E-state index contributed by atoms with van der Waals surface area (Å²) in [4.78, 5) is 10.9. The van der Waals surface area contributed by atoms with Crippen LogP contribution in [0.3, 0.4) is 0 Å². The first-order chi connectivity index (χ1) is 13.3. The van der Waals surface area contributed by atoms with Gasteiger partial charge in [-0.1, -0.05) is 36.0 Å². The van der Waals surface area contributed by atoms with E-state index in [0.717, 1.165) is 29.6 Å². The Morgan fingerprint density at radius 2 is 1.86 bits per heavy atom. The number of para-hydroxylation sites is 1. The van der Waals surface area contributed by atoms with Crippen molar-refractivity contribution >= 4 is 23.4 Å². The van der Waals surface area contributed by atoms with Crippen LogP contribution in [-0.2, 0) is 17.5 Å². The second kappa shape index (κ2) is 8.34. The Kier molecular flexibility index (Phi) is 5.88. The monoisotopic (exact) mass is 408 g/mol. The molecule has 3 aromatic rings. The first-order valence-electron chi connectivity index (χ1n) is 8.10. The Morgan fingerprint density at radius 1 is 1.11 bits per heavy atom. The first-order valence-corrected chi connectivity index (χ1v) is 9.08. The highest BCUT2D eigenvalue weighted by atomic mass is 32.2. The predicted molar refractivity (Wildman–Crippen MR) is 98.5 cm³/mol. The van der Waals surface area contributed by atoms with Crippen molar-refractivity contribution in [3.63, 3.8) is 0 Å². The first kappa shape index (κ1) is 19.7. The van der Waals surface area contributed by atoms with Crippen molar-refractivity contribution in [2.45, 2.75) is 17.9 Å². The molecule has 0 amide bonds. The third kappa shape index (κ3) is 4.83. The summed E-state index contributed by atoms with van der Waals surface area (Å²) in [5.74, 6) is -0.737. The van der Waals surface area contributed by atoms with Crippen LogP contribution < -0.4 is 5.32 Å². The van der Waals surface area contributed by atoms with E-state index in [1.165, 1.54) is 12.1 Å². The molecule has 0 aliphatic carbocycles. The number of aromatic nitrogens is 3. The molecule has 10 heteroatoms. The number of thioether (sulfide) groups is 1. The van der Waals surface area contributed by atoms with Crippen molar-refractivity contribution in [2.24, 2.45) is 0 Å². The fourth-order valence-corrected chi connectivity index (χ4v) is 3.15. The van der Waals surface area contributed by atoms with E-state index >= 15 is 0 Å². The van der Waals surface area contributed by atoms with E-state index in [0.29, 0.717) is 11.0 Å². The molecule has 0 spiro atoms. The maximum atomic E-state index is 12.9. The van der Waals surface area contributed by atoms with Gasteiger partial charge in [0, 0.05) is 11.4 Å². The normalized spacial score (nSPS) is 11.4.